The van der Waals surface area contributed by atoms with Crippen LogP contribution < -0.4 is 5.73 Å². The number of benzene rings is 1. The van der Waals surface area contributed by atoms with E-state index in [2.05, 4.69) is 14.7 Å². The summed E-state index contributed by atoms with van der Waals surface area (Å²) in [7, 11) is 0. The molecule has 0 bridgehead atoms. The lowest BCUT2D eigenvalue weighted by atomic mass is 10.1. The van der Waals surface area contributed by atoms with E-state index in [1.165, 1.54) is 0 Å². The predicted molar refractivity (Wildman–Crippen MR) is 53.9 cm³/mol. The Kier molecular flexibility index (Phi) is 2.53. The van der Waals surface area contributed by atoms with E-state index >= 15 is 0 Å². The van der Waals surface area contributed by atoms with Crippen molar-refractivity contribution in [2.45, 2.75) is 13.1 Å². The van der Waals surface area contributed by atoms with Gasteiger partial charge in [-0.05, 0) is 19.1 Å². The van der Waals surface area contributed by atoms with Gasteiger partial charge in [0.25, 0.3) is 11.7 Å². The number of aromatic nitrogens is 2. The topological polar surface area (TPSA) is 64.9 Å². The highest BCUT2D eigenvalue weighted by atomic mass is 19.4. The first-order chi connectivity index (χ1) is 7.88. The maximum Gasteiger partial charge on any atom is 0.455 e. The van der Waals surface area contributed by atoms with Crippen molar-refractivity contribution in [3.63, 3.8) is 0 Å². The van der Waals surface area contributed by atoms with Crippen LogP contribution in [-0.4, -0.2) is 10.1 Å². The van der Waals surface area contributed by atoms with Gasteiger partial charge in [0.05, 0.1) is 5.56 Å². The van der Waals surface area contributed by atoms with Crippen LogP contribution in [0.25, 0.3) is 11.5 Å². The van der Waals surface area contributed by atoms with Crippen LogP contribution in [-0.2, 0) is 6.18 Å². The minimum absolute atomic E-state index is 0.237. The summed E-state index contributed by atoms with van der Waals surface area (Å²) in [5, 5.41) is 2.87. The van der Waals surface area contributed by atoms with Gasteiger partial charge in [0.1, 0.15) is 0 Å². The summed E-state index contributed by atoms with van der Waals surface area (Å²) in [6.45, 7) is 1.78. The maximum atomic E-state index is 12.3. The Hall–Kier alpha value is -2.05. The molecular weight excluding hydrogens is 235 g/mol. The van der Waals surface area contributed by atoms with E-state index in [4.69, 9.17) is 5.73 Å². The monoisotopic (exact) mass is 243 g/mol. The third kappa shape index (κ3) is 2.22. The first-order valence-electron chi connectivity index (χ1n) is 4.65. The number of nitrogens with two attached hydrogens (primary N) is 1. The van der Waals surface area contributed by atoms with E-state index in [0.717, 1.165) is 5.56 Å². The molecule has 7 heteroatoms. The predicted octanol–water partition coefficient (Wildman–Crippen LogP) is 2.65. The van der Waals surface area contributed by atoms with E-state index in [1.54, 1.807) is 25.1 Å². The van der Waals surface area contributed by atoms with Crippen molar-refractivity contribution in [1.82, 2.24) is 10.1 Å². The SMILES string of the molecule is Cc1ccc(N)c(-c2nc(C(F)(F)F)no2)c1. The Morgan fingerprint density at radius 1 is 1.29 bits per heavy atom. The molecule has 2 aromatic rings. The van der Waals surface area contributed by atoms with Crippen molar-refractivity contribution in [2.24, 2.45) is 0 Å². The summed E-state index contributed by atoms with van der Waals surface area (Å²) < 4.78 is 41.4. The van der Waals surface area contributed by atoms with Gasteiger partial charge in [-0.15, -0.1) is 0 Å². The third-order valence-corrected chi connectivity index (χ3v) is 2.12. The van der Waals surface area contributed by atoms with Crippen LogP contribution in [0.1, 0.15) is 11.4 Å². The van der Waals surface area contributed by atoms with Crippen molar-refractivity contribution in [3.05, 3.63) is 29.6 Å². The molecule has 4 nitrogen and oxygen atoms in total. The van der Waals surface area contributed by atoms with Crippen molar-refractivity contribution >= 4 is 5.69 Å². The molecule has 0 saturated heterocycles. The van der Waals surface area contributed by atoms with Crippen LogP contribution in [0.5, 0.6) is 0 Å². The number of aryl methyl sites for hydroxylation is 1. The average molecular weight is 243 g/mol. The first kappa shape index (κ1) is 11.4. The van der Waals surface area contributed by atoms with E-state index < -0.39 is 12.0 Å². The zero-order valence-corrected chi connectivity index (χ0v) is 8.75. The number of nitrogens with zero attached hydrogens (tertiary/aromatic N) is 2. The Morgan fingerprint density at radius 2 is 2.00 bits per heavy atom. The van der Waals surface area contributed by atoms with Crippen LogP contribution in [0.4, 0.5) is 18.9 Å². The number of hydrogen-bond acceptors (Lipinski definition) is 4. The highest BCUT2D eigenvalue weighted by Gasteiger charge is 2.37. The third-order valence-electron chi connectivity index (χ3n) is 2.12. The van der Waals surface area contributed by atoms with Crippen LogP contribution >= 0.6 is 0 Å². The number of rotatable bonds is 1. The standard InChI is InChI=1S/C10H8F3N3O/c1-5-2-3-7(14)6(4-5)8-15-9(16-17-8)10(11,12)13/h2-4H,14H2,1H3. The molecule has 0 aliphatic heterocycles. The molecule has 0 spiro atoms. The largest absolute Gasteiger partial charge is 0.455 e. The molecule has 1 aromatic heterocycles. The molecule has 0 aliphatic rings. The number of alkyl halides is 3. The highest BCUT2D eigenvalue weighted by molar-refractivity contribution is 5.70. The second-order valence-corrected chi connectivity index (χ2v) is 3.51. The fourth-order valence-corrected chi connectivity index (χ4v) is 1.30. The highest BCUT2D eigenvalue weighted by Crippen LogP contribution is 2.30. The van der Waals surface area contributed by atoms with Gasteiger partial charge in [-0.1, -0.05) is 16.8 Å². The molecule has 0 fully saturated rings. The van der Waals surface area contributed by atoms with Crippen LogP contribution in [0, 0.1) is 6.92 Å². The van der Waals surface area contributed by atoms with Gasteiger partial charge in [0.15, 0.2) is 0 Å². The van der Waals surface area contributed by atoms with E-state index in [0.29, 0.717) is 5.56 Å². The quantitative estimate of drug-likeness (QED) is 0.782. The number of nitrogen functional groups attached to an aromatic ring is 1. The molecule has 17 heavy (non-hydrogen) atoms. The summed E-state index contributed by atoms with van der Waals surface area (Å²) in [4.78, 5) is 3.27. The molecular formula is C10H8F3N3O. The van der Waals surface area contributed by atoms with Gasteiger partial charge in [-0.2, -0.15) is 18.2 Å². The van der Waals surface area contributed by atoms with Crippen LogP contribution in [0.2, 0.25) is 0 Å². The smallest absolute Gasteiger partial charge is 0.398 e. The number of hydrogen-bond donors (Lipinski definition) is 1. The summed E-state index contributed by atoms with van der Waals surface area (Å²) in [5.41, 5.74) is 7.05. The van der Waals surface area contributed by atoms with Gasteiger partial charge in [0, 0.05) is 5.69 Å². The number of halogens is 3. The minimum Gasteiger partial charge on any atom is -0.398 e. The van der Waals surface area contributed by atoms with Crippen molar-refractivity contribution < 1.29 is 17.7 Å². The van der Waals surface area contributed by atoms with Crippen molar-refractivity contribution in [2.75, 3.05) is 5.73 Å². The molecule has 0 amide bonds. The minimum atomic E-state index is -4.62. The normalized spacial score (nSPS) is 11.8. The summed E-state index contributed by atoms with van der Waals surface area (Å²) in [6, 6.07) is 4.89. The van der Waals surface area contributed by atoms with E-state index in [1.807, 2.05) is 0 Å². The Morgan fingerprint density at radius 3 is 2.59 bits per heavy atom. The van der Waals surface area contributed by atoms with Crippen molar-refractivity contribution in [1.29, 1.82) is 0 Å². The molecule has 0 saturated carbocycles. The summed E-state index contributed by atoms with van der Waals surface area (Å²) in [5.74, 6) is -1.55. The van der Waals surface area contributed by atoms with Crippen LogP contribution in [0.3, 0.4) is 0 Å². The summed E-state index contributed by atoms with van der Waals surface area (Å²) >= 11 is 0. The van der Waals surface area contributed by atoms with Gasteiger partial charge in [0.2, 0.25) is 0 Å². The lowest BCUT2D eigenvalue weighted by Gasteiger charge is -2.01. The second-order valence-electron chi connectivity index (χ2n) is 3.51. The van der Waals surface area contributed by atoms with E-state index in [9.17, 15) is 13.2 Å². The molecule has 0 radical (unpaired) electrons. The fraction of sp³-hybridized carbons (Fsp3) is 0.200. The second kappa shape index (κ2) is 3.76. The Labute approximate surface area is 94.2 Å². The molecule has 2 N–H and O–H groups in total. The molecule has 1 aromatic carbocycles. The summed E-state index contributed by atoms with van der Waals surface area (Å²) in [6.07, 6.45) is -4.62. The Balaban J connectivity index is 2.47. The van der Waals surface area contributed by atoms with Gasteiger partial charge < -0.3 is 10.3 Å². The maximum absolute atomic E-state index is 12.3. The van der Waals surface area contributed by atoms with Gasteiger partial charge >= 0.3 is 6.18 Å². The van der Waals surface area contributed by atoms with Gasteiger partial charge in [-0.25, -0.2) is 0 Å². The Bertz CT molecular complexity index is 548. The molecule has 2 rings (SSSR count). The average Bonchev–Trinajstić information content (AvgIpc) is 2.70. The first-order valence-corrected chi connectivity index (χ1v) is 4.65. The lowest BCUT2D eigenvalue weighted by molar-refractivity contribution is -0.146. The molecule has 1 heterocycles. The molecule has 90 valence electrons. The zero-order chi connectivity index (χ0) is 12.6. The van der Waals surface area contributed by atoms with Gasteiger partial charge in [-0.3, -0.25) is 0 Å². The van der Waals surface area contributed by atoms with Crippen molar-refractivity contribution in [3.8, 4) is 11.5 Å². The van der Waals surface area contributed by atoms with Crippen LogP contribution in [0.15, 0.2) is 22.7 Å². The fourth-order valence-electron chi connectivity index (χ4n) is 1.30. The number of anilines is 1. The molecule has 0 aliphatic carbocycles. The molecule has 0 unspecified atom stereocenters. The lowest BCUT2D eigenvalue weighted by Crippen LogP contribution is -2.07. The molecule has 0 atom stereocenters. The zero-order valence-electron chi connectivity index (χ0n) is 8.75. The van der Waals surface area contributed by atoms with E-state index in [-0.39, 0.29) is 11.6 Å².